The van der Waals surface area contributed by atoms with E-state index in [0.717, 1.165) is 55.3 Å². The van der Waals surface area contributed by atoms with Crippen LogP contribution < -0.4 is 0 Å². The molecule has 0 bridgehead atoms. The van der Waals surface area contributed by atoms with Crippen LogP contribution in [0.4, 0.5) is 0 Å². The van der Waals surface area contributed by atoms with Gasteiger partial charge in [-0.05, 0) is 71.8 Å². The Bertz CT molecular complexity index is 2540. The molecule has 0 amide bonds. The lowest BCUT2D eigenvalue weighted by Crippen LogP contribution is -2.02. The Morgan fingerprint density at radius 3 is 1.41 bits per heavy atom. The summed E-state index contributed by atoms with van der Waals surface area (Å²) in [6, 6.07) is 51.2. The van der Waals surface area contributed by atoms with Crippen LogP contribution in [0.25, 0.3) is 72.8 Å². The van der Waals surface area contributed by atoms with Crippen molar-refractivity contribution in [1.29, 1.82) is 15.8 Å². The summed E-state index contributed by atoms with van der Waals surface area (Å²) in [5.74, 6) is 1.59. The van der Waals surface area contributed by atoms with Gasteiger partial charge in [-0.15, -0.1) is 0 Å². The van der Waals surface area contributed by atoms with Gasteiger partial charge in [-0.2, -0.15) is 15.8 Å². The predicted octanol–water partition coefficient (Wildman–Crippen LogP) is 9.25. The summed E-state index contributed by atoms with van der Waals surface area (Å²) >= 11 is 0. The van der Waals surface area contributed by atoms with Crippen LogP contribution in [0, 0.1) is 34.0 Å². The van der Waals surface area contributed by atoms with Crippen LogP contribution in [0.1, 0.15) is 16.7 Å². The summed E-state index contributed by atoms with van der Waals surface area (Å²) < 4.78 is 2.14. The minimum Gasteiger partial charge on any atom is -0.309 e. The van der Waals surface area contributed by atoms with Crippen molar-refractivity contribution in [3.8, 4) is 69.2 Å². The maximum Gasteiger partial charge on any atom is 0.164 e. The molecule has 0 saturated carbocycles. The second-order valence-corrected chi connectivity index (χ2v) is 11.5. The first-order chi connectivity index (χ1) is 24.1. The van der Waals surface area contributed by atoms with Crippen LogP contribution in [0.2, 0.25) is 0 Å². The minimum absolute atomic E-state index is 0.494. The molecule has 6 aromatic carbocycles. The summed E-state index contributed by atoms with van der Waals surface area (Å²) in [4.78, 5) is 15.0. The maximum absolute atomic E-state index is 9.69. The molecule has 0 saturated heterocycles. The Kier molecular flexibility index (Phi) is 7.16. The first-order valence-corrected chi connectivity index (χ1v) is 15.5. The molecule has 226 valence electrons. The SMILES string of the molecule is N#Cc1ccc(-c2ccc(-n3c4ccc(C#N)cc4c4cc(C#N)ccc43)cc2-c2nc(-c3ccccc3)nc(-c3ccccc3)n2)cc1. The molecule has 0 fully saturated rings. The van der Waals surface area contributed by atoms with Crippen molar-refractivity contribution in [3.63, 3.8) is 0 Å². The molecule has 0 unspecified atom stereocenters. The smallest absolute Gasteiger partial charge is 0.164 e. The summed E-state index contributed by atoms with van der Waals surface area (Å²) in [7, 11) is 0. The molecule has 7 heteroatoms. The van der Waals surface area contributed by atoms with Crippen LogP contribution in [-0.2, 0) is 0 Å². The summed E-state index contributed by atoms with van der Waals surface area (Å²) in [5.41, 5.74) is 8.58. The van der Waals surface area contributed by atoms with E-state index in [9.17, 15) is 15.8 Å². The van der Waals surface area contributed by atoms with E-state index in [1.165, 1.54) is 0 Å². The van der Waals surface area contributed by atoms with Gasteiger partial charge in [0.15, 0.2) is 17.5 Å². The zero-order chi connectivity index (χ0) is 33.3. The molecular weight excluding hydrogens is 603 g/mol. The number of hydrogen-bond donors (Lipinski definition) is 0. The number of aromatic nitrogens is 4. The van der Waals surface area contributed by atoms with Crippen LogP contribution in [0.3, 0.4) is 0 Å². The summed E-state index contributed by atoms with van der Waals surface area (Å²) in [6.07, 6.45) is 0. The second kappa shape index (κ2) is 12.1. The number of rotatable bonds is 5. The van der Waals surface area contributed by atoms with E-state index in [0.29, 0.717) is 34.2 Å². The normalized spacial score (nSPS) is 10.8. The zero-order valence-electron chi connectivity index (χ0n) is 25.9. The quantitative estimate of drug-likeness (QED) is 0.188. The molecule has 0 atom stereocenters. The van der Waals surface area contributed by atoms with Crippen LogP contribution in [0.15, 0.2) is 140 Å². The van der Waals surface area contributed by atoms with E-state index >= 15 is 0 Å². The lowest BCUT2D eigenvalue weighted by molar-refractivity contribution is 1.07. The van der Waals surface area contributed by atoms with Gasteiger partial charge < -0.3 is 4.57 Å². The van der Waals surface area contributed by atoms with Gasteiger partial charge in [0, 0.05) is 33.2 Å². The lowest BCUT2D eigenvalue weighted by atomic mass is 9.97. The molecule has 0 N–H and O–H groups in total. The van der Waals surface area contributed by atoms with Crippen molar-refractivity contribution in [3.05, 3.63) is 156 Å². The van der Waals surface area contributed by atoms with Crippen LogP contribution >= 0.6 is 0 Å². The first-order valence-electron chi connectivity index (χ1n) is 15.5. The first kappa shape index (κ1) is 29.0. The molecule has 2 heterocycles. The van der Waals surface area contributed by atoms with E-state index < -0.39 is 0 Å². The number of nitrogens with zero attached hydrogens (tertiary/aromatic N) is 7. The molecule has 49 heavy (non-hydrogen) atoms. The highest BCUT2D eigenvalue weighted by molar-refractivity contribution is 6.10. The fourth-order valence-corrected chi connectivity index (χ4v) is 6.20. The number of hydrogen-bond acceptors (Lipinski definition) is 6. The van der Waals surface area contributed by atoms with Crippen molar-refractivity contribution in [2.45, 2.75) is 0 Å². The average Bonchev–Trinajstić information content (AvgIpc) is 3.51. The third-order valence-electron chi connectivity index (χ3n) is 8.55. The molecule has 0 aliphatic carbocycles. The molecule has 0 aliphatic rings. The van der Waals surface area contributed by atoms with Crippen molar-refractivity contribution >= 4 is 21.8 Å². The molecule has 7 nitrogen and oxygen atoms in total. The molecule has 2 aromatic heterocycles. The van der Waals surface area contributed by atoms with E-state index in [-0.39, 0.29) is 0 Å². The standard InChI is InChI=1S/C42H23N7/c43-24-27-11-15-30(16-12-27)34-18-17-33(49-38-19-13-28(25-44)21-35(38)36-22-29(26-45)14-20-39(36)49)23-37(34)42-47-40(31-7-3-1-4-8-31)46-41(48-42)32-9-5-2-6-10-32/h1-23H. The van der Waals surface area contributed by atoms with Gasteiger partial charge in [0.1, 0.15) is 0 Å². The van der Waals surface area contributed by atoms with Gasteiger partial charge in [-0.1, -0.05) is 78.9 Å². The Morgan fingerprint density at radius 1 is 0.408 bits per heavy atom. The number of benzene rings is 6. The van der Waals surface area contributed by atoms with Gasteiger partial charge in [0.05, 0.1) is 45.9 Å². The zero-order valence-corrected chi connectivity index (χ0v) is 25.9. The molecule has 8 rings (SSSR count). The summed E-state index contributed by atoms with van der Waals surface area (Å²) in [6.45, 7) is 0. The largest absolute Gasteiger partial charge is 0.309 e. The fraction of sp³-hybridized carbons (Fsp3) is 0. The Hall–Kier alpha value is -7.40. The highest BCUT2D eigenvalue weighted by Crippen LogP contribution is 2.38. The van der Waals surface area contributed by atoms with Crippen molar-refractivity contribution in [2.24, 2.45) is 0 Å². The Morgan fingerprint density at radius 2 is 0.898 bits per heavy atom. The Labute approximate surface area is 281 Å². The van der Waals surface area contributed by atoms with E-state index in [2.05, 4.69) is 28.8 Å². The third-order valence-corrected chi connectivity index (χ3v) is 8.55. The van der Waals surface area contributed by atoms with Crippen molar-refractivity contribution in [1.82, 2.24) is 19.5 Å². The fourth-order valence-electron chi connectivity index (χ4n) is 6.20. The summed E-state index contributed by atoms with van der Waals surface area (Å²) in [5, 5.41) is 30.6. The van der Waals surface area contributed by atoms with Gasteiger partial charge in [0.2, 0.25) is 0 Å². The van der Waals surface area contributed by atoms with E-state index in [4.69, 9.17) is 15.0 Å². The van der Waals surface area contributed by atoms with Crippen LogP contribution in [0.5, 0.6) is 0 Å². The topological polar surface area (TPSA) is 115 Å². The average molecular weight is 626 g/mol. The monoisotopic (exact) mass is 625 g/mol. The van der Waals surface area contributed by atoms with E-state index in [1.807, 2.05) is 109 Å². The number of nitriles is 3. The van der Waals surface area contributed by atoms with Gasteiger partial charge in [-0.3, -0.25) is 0 Å². The van der Waals surface area contributed by atoms with Crippen LogP contribution in [-0.4, -0.2) is 19.5 Å². The molecule has 8 aromatic rings. The van der Waals surface area contributed by atoms with E-state index in [1.54, 1.807) is 24.3 Å². The van der Waals surface area contributed by atoms with Gasteiger partial charge in [-0.25, -0.2) is 15.0 Å². The van der Waals surface area contributed by atoms with Gasteiger partial charge >= 0.3 is 0 Å². The van der Waals surface area contributed by atoms with Gasteiger partial charge in [0.25, 0.3) is 0 Å². The highest BCUT2D eigenvalue weighted by atomic mass is 15.0. The second-order valence-electron chi connectivity index (χ2n) is 11.5. The maximum atomic E-state index is 9.69. The highest BCUT2D eigenvalue weighted by Gasteiger charge is 2.19. The lowest BCUT2D eigenvalue weighted by Gasteiger charge is -2.15. The molecule has 0 radical (unpaired) electrons. The molecule has 0 spiro atoms. The Balaban J connectivity index is 1.43. The molecule has 0 aliphatic heterocycles. The van der Waals surface area contributed by atoms with Crippen molar-refractivity contribution < 1.29 is 0 Å². The minimum atomic E-state index is 0.494. The predicted molar refractivity (Wildman–Crippen MR) is 190 cm³/mol. The molecular formula is C42H23N7. The van der Waals surface area contributed by atoms with Crippen molar-refractivity contribution in [2.75, 3.05) is 0 Å². The number of fused-ring (bicyclic) bond motifs is 3. The third kappa shape index (κ3) is 5.22.